The third-order valence-corrected chi connectivity index (χ3v) is 5.04. The van der Waals surface area contributed by atoms with E-state index in [9.17, 15) is 18.0 Å². The Hall–Kier alpha value is -4.14. The third kappa shape index (κ3) is 6.22. The molecule has 2 heterocycles. The van der Waals surface area contributed by atoms with Crippen molar-refractivity contribution >= 4 is 5.91 Å². The van der Waals surface area contributed by atoms with E-state index in [2.05, 4.69) is 15.0 Å². The number of benzene rings is 2. The lowest BCUT2D eigenvalue weighted by Gasteiger charge is -2.09. The first kappa shape index (κ1) is 23.0. The molecule has 0 atom stereocenters. The minimum Gasteiger partial charge on any atom is -0.406 e. The van der Waals surface area contributed by atoms with Gasteiger partial charge in [0.1, 0.15) is 5.75 Å². The molecule has 0 spiro atoms. The van der Waals surface area contributed by atoms with Crippen LogP contribution in [0.1, 0.15) is 17.5 Å². The number of amides is 1. The number of halogens is 3. The third-order valence-electron chi connectivity index (χ3n) is 5.04. The number of nitrogens with zero attached hydrogens (tertiary/aromatic N) is 3. The standard InChI is InChI=1S/C25H21F3N4O2/c26-25(27,28)34-22-9-6-18(7-10-22)8-11-23(33)30-16-20-17-32(21-4-2-1-3-5-21)31-24(20)19-12-14-29-15-13-19/h1-7,9-10,12-15,17H,8,11,16H2,(H,30,33). The van der Waals surface area contributed by atoms with Gasteiger partial charge in [-0.2, -0.15) is 5.10 Å². The number of nitrogens with one attached hydrogen (secondary N) is 1. The average molecular weight is 466 g/mol. The fraction of sp³-hybridized carbons (Fsp3) is 0.160. The zero-order valence-corrected chi connectivity index (χ0v) is 18.0. The van der Waals surface area contributed by atoms with Gasteiger partial charge in [-0.15, -0.1) is 13.2 Å². The van der Waals surface area contributed by atoms with E-state index in [1.807, 2.05) is 48.7 Å². The molecule has 2 aromatic carbocycles. The molecule has 0 unspecified atom stereocenters. The van der Waals surface area contributed by atoms with Crippen LogP contribution in [0.4, 0.5) is 13.2 Å². The number of aryl methyl sites for hydroxylation is 1. The number of carbonyl (C=O) groups is 1. The SMILES string of the molecule is O=C(CCc1ccc(OC(F)(F)F)cc1)NCc1cn(-c2ccccc2)nc1-c1ccncc1. The summed E-state index contributed by atoms with van der Waals surface area (Å²) in [5.74, 6) is -0.469. The molecular formula is C25H21F3N4O2. The largest absolute Gasteiger partial charge is 0.573 e. The Labute approximate surface area is 194 Å². The maximum atomic E-state index is 12.4. The van der Waals surface area contributed by atoms with Crippen LogP contribution in [-0.4, -0.2) is 27.0 Å². The Balaban J connectivity index is 1.39. The van der Waals surface area contributed by atoms with Crippen LogP contribution in [0.3, 0.4) is 0 Å². The Morgan fingerprint density at radius 1 is 0.971 bits per heavy atom. The number of hydrogen-bond donors (Lipinski definition) is 1. The molecule has 0 saturated carbocycles. The van der Waals surface area contributed by atoms with Crippen LogP contribution in [0, 0.1) is 0 Å². The van der Waals surface area contributed by atoms with Crippen LogP contribution >= 0.6 is 0 Å². The summed E-state index contributed by atoms with van der Waals surface area (Å²) in [7, 11) is 0. The van der Waals surface area contributed by atoms with Gasteiger partial charge in [-0.05, 0) is 48.4 Å². The molecule has 0 fully saturated rings. The van der Waals surface area contributed by atoms with E-state index in [0.717, 1.165) is 28.1 Å². The first-order chi connectivity index (χ1) is 16.4. The molecule has 2 aromatic heterocycles. The first-order valence-electron chi connectivity index (χ1n) is 10.5. The van der Waals surface area contributed by atoms with E-state index in [0.29, 0.717) is 6.42 Å². The van der Waals surface area contributed by atoms with Gasteiger partial charge in [-0.25, -0.2) is 4.68 Å². The van der Waals surface area contributed by atoms with Crippen molar-refractivity contribution < 1.29 is 22.7 Å². The zero-order valence-electron chi connectivity index (χ0n) is 18.0. The van der Waals surface area contributed by atoms with E-state index in [1.54, 1.807) is 17.1 Å². The van der Waals surface area contributed by atoms with Gasteiger partial charge in [0.15, 0.2) is 0 Å². The van der Waals surface area contributed by atoms with Crippen molar-refractivity contribution in [3.8, 4) is 22.7 Å². The lowest BCUT2D eigenvalue weighted by atomic mass is 10.1. The van der Waals surface area contributed by atoms with E-state index >= 15 is 0 Å². The van der Waals surface area contributed by atoms with Gasteiger partial charge in [0.2, 0.25) is 5.91 Å². The van der Waals surface area contributed by atoms with Crippen molar-refractivity contribution in [3.05, 3.63) is 96.4 Å². The van der Waals surface area contributed by atoms with Crippen LogP contribution in [0.25, 0.3) is 16.9 Å². The van der Waals surface area contributed by atoms with Gasteiger partial charge < -0.3 is 10.1 Å². The van der Waals surface area contributed by atoms with Crippen LogP contribution in [0.15, 0.2) is 85.3 Å². The summed E-state index contributed by atoms with van der Waals surface area (Å²) in [5, 5.41) is 7.61. The molecule has 0 saturated heterocycles. The summed E-state index contributed by atoms with van der Waals surface area (Å²) >= 11 is 0. The number of rotatable bonds is 8. The molecule has 0 aliphatic carbocycles. The molecule has 6 nitrogen and oxygen atoms in total. The molecular weight excluding hydrogens is 445 g/mol. The second-order valence-corrected chi connectivity index (χ2v) is 7.49. The highest BCUT2D eigenvalue weighted by atomic mass is 19.4. The fourth-order valence-electron chi connectivity index (χ4n) is 3.40. The summed E-state index contributed by atoms with van der Waals surface area (Å²) in [6.07, 6.45) is 1.10. The number of carbonyl (C=O) groups excluding carboxylic acids is 1. The number of ether oxygens (including phenoxy) is 1. The quantitative estimate of drug-likeness (QED) is 0.393. The Morgan fingerprint density at radius 3 is 2.35 bits per heavy atom. The monoisotopic (exact) mass is 466 g/mol. The van der Waals surface area contributed by atoms with Crippen molar-refractivity contribution in [3.63, 3.8) is 0 Å². The van der Waals surface area contributed by atoms with Crippen LogP contribution in [0.5, 0.6) is 5.75 Å². The molecule has 1 amide bonds. The van der Waals surface area contributed by atoms with Gasteiger partial charge in [-0.3, -0.25) is 9.78 Å². The molecule has 0 aliphatic heterocycles. The van der Waals surface area contributed by atoms with Gasteiger partial charge in [0.25, 0.3) is 0 Å². The van der Waals surface area contributed by atoms with E-state index in [-0.39, 0.29) is 24.6 Å². The highest BCUT2D eigenvalue weighted by Crippen LogP contribution is 2.24. The van der Waals surface area contributed by atoms with Crippen LogP contribution in [-0.2, 0) is 17.8 Å². The van der Waals surface area contributed by atoms with E-state index in [1.165, 1.54) is 24.3 Å². The molecule has 9 heteroatoms. The molecule has 0 bridgehead atoms. The fourth-order valence-corrected chi connectivity index (χ4v) is 3.40. The molecule has 0 radical (unpaired) electrons. The van der Waals surface area contributed by atoms with Crippen molar-refractivity contribution in [2.24, 2.45) is 0 Å². The number of alkyl halides is 3. The topological polar surface area (TPSA) is 69.0 Å². The van der Waals surface area contributed by atoms with E-state index < -0.39 is 6.36 Å². The van der Waals surface area contributed by atoms with Crippen LogP contribution < -0.4 is 10.1 Å². The molecule has 4 aromatic rings. The molecule has 0 aliphatic rings. The predicted molar refractivity (Wildman–Crippen MR) is 120 cm³/mol. The minimum absolute atomic E-state index is 0.177. The lowest BCUT2D eigenvalue weighted by Crippen LogP contribution is -2.23. The zero-order chi connectivity index (χ0) is 24.0. The Kier molecular flexibility index (Phi) is 6.91. The van der Waals surface area contributed by atoms with Gasteiger partial charge in [0.05, 0.1) is 11.4 Å². The van der Waals surface area contributed by atoms with Gasteiger partial charge in [-0.1, -0.05) is 30.3 Å². The lowest BCUT2D eigenvalue weighted by molar-refractivity contribution is -0.274. The summed E-state index contributed by atoms with van der Waals surface area (Å²) < 4.78 is 42.4. The molecule has 34 heavy (non-hydrogen) atoms. The molecule has 174 valence electrons. The summed E-state index contributed by atoms with van der Waals surface area (Å²) in [6.45, 7) is 0.279. The summed E-state index contributed by atoms with van der Waals surface area (Å²) in [4.78, 5) is 16.5. The number of hydrogen-bond acceptors (Lipinski definition) is 4. The smallest absolute Gasteiger partial charge is 0.406 e. The van der Waals surface area contributed by atoms with E-state index in [4.69, 9.17) is 5.10 Å². The second-order valence-electron chi connectivity index (χ2n) is 7.49. The first-order valence-corrected chi connectivity index (χ1v) is 10.5. The van der Waals surface area contributed by atoms with Crippen molar-refractivity contribution in [1.82, 2.24) is 20.1 Å². The second kappa shape index (κ2) is 10.2. The minimum atomic E-state index is -4.73. The van der Waals surface area contributed by atoms with Crippen molar-refractivity contribution in [2.75, 3.05) is 0 Å². The van der Waals surface area contributed by atoms with Crippen molar-refractivity contribution in [2.45, 2.75) is 25.7 Å². The normalized spacial score (nSPS) is 11.3. The highest BCUT2D eigenvalue weighted by Gasteiger charge is 2.30. The number of aromatic nitrogens is 3. The maximum absolute atomic E-state index is 12.4. The van der Waals surface area contributed by atoms with Crippen molar-refractivity contribution in [1.29, 1.82) is 0 Å². The summed E-state index contributed by atoms with van der Waals surface area (Å²) in [6, 6.07) is 18.9. The average Bonchev–Trinajstić information content (AvgIpc) is 3.27. The number of pyridine rings is 1. The summed E-state index contributed by atoms with van der Waals surface area (Å²) in [5.41, 5.74) is 4.10. The maximum Gasteiger partial charge on any atom is 0.573 e. The number of para-hydroxylation sites is 1. The van der Waals surface area contributed by atoms with Gasteiger partial charge >= 0.3 is 6.36 Å². The molecule has 4 rings (SSSR count). The molecule has 1 N–H and O–H groups in total. The Morgan fingerprint density at radius 2 is 1.68 bits per heavy atom. The highest BCUT2D eigenvalue weighted by molar-refractivity contribution is 5.76. The van der Waals surface area contributed by atoms with Gasteiger partial charge in [0, 0.05) is 42.7 Å². The van der Waals surface area contributed by atoms with Crippen LogP contribution in [0.2, 0.25) is 0 Å². The predicted octanol–water partition coefficient (Wildman–Crippen LogP) is 5.08. The Bertz CT molecular complexity index is 1220.